The van der Waals surface area contributed by atoms with Crippen molar-refractivity contribution >= 4 is 0 Å². The molecule has 3 unspecified atom stereocenters. The normalized spacial score (nSPS) is 44.3. The van der Waals surface area contributed by atoms with Crippen molar-refractivity contribution < 1.29 is 5.11 Å². The maximum atomic E-state index is 8.94. The van der Waals surface area contributed by atoms with E-state index in [0.29, 0.717) is 24.5 Å². The zero-order valence-electron chi connectivity index (χ0n) is 5.96. The van der Waals surface area contributed by atoms with Gasteiger partial charge in [0.15, 0.2) is 0 Å². The summed E-state index contributed by atoms with van der Waals surface area (Å²) >= 11 is 0. The van der Waals surface area contributed by atoms with Crippen LogP contribution in [0.25, 0.3) is 0 Å². The molecule has 0 spiro atoms. The number of piperidine rings is 1. The second-order valence-electron chi connectivity index (χ2n) is 3.26. The largest absolute Gasteiger partial charge is 0.396 e. The van der Waals surface area contributed by atoms with Gasteiger partial charge in [0.1, 0.15) is 0 Å². The van der Waals surface area contributed by atoms with Crippen LogP contribution in [0.5, 0.6) is 0 Å². The first-order valence-corrected chi connectivity index (χ1v) is 3.92. The van der Waals surface area contributed by atoms with Crippen LogP contribution in [0.15, 0.2) is 12.2 Å². The molecule has 0 amide bonds. The molecular formula is C8H13NO. The second kappa shape index (κ2) is 2.36. The lowest BCUT2D eigenvalue weighted by Crippen LogP contribution is -2.48. The third kappa shape index (κ3) is 0.879. The Labute approximate surface area is 60.9 Å². The van der Waals surface area contributed by atoms with Crippen molar-refractivity contribution in [1.82, 2.24) is 5.32 Å². The van der Waals surface area contributed by atoms with Crippen LogP contribution in [0.1, 0.15) is 6.42 Å². The molecule has 0 aromatic heterocycles. The first-order valence-electron chi connectivity index (χ1n) is 3.92. The number of hydrogen-bond acceptors (Lipinski definition) is 2. The molecule has 2 heteroatoms. The summed E-state index contributed by atoms with van der Waals surface area (Å²) < 4.78 is 0. The average molecular weight is 139 g/mol. The van der Waals surface area contributed by atoms with E-state index in [0.717, 1.165) is 6.54 Å². The van der Waals surface area contributed by atoms with Gasteiger partial charge in [-0.2, -0.15) is 0 Å². The van der Waals surface area contributed by atoms with Crippen molar-refractivity contribution in [2.24, 2.45) is 11.8 Å². The summed E-state index contributed by atoms with van der Waals surface area (Å²) in [6.45, 7) is 1.44. The van der Waals surface area contributed by atoms with E-state index in [2.05, 4.69) is 17.5 Å². The van der Waals surface area contributed by atoms with Gasteiger partial charge >= 0.3 is 0 Å². The molecule has 3 aliphatic rings. The zero-order valence-corrected chi connectivity index (χ0v) is 5.96. The van der Waals surface area contributed by atoms with Crippen LogP contribution >= 0.6 is 0 Å². The Balaban J connectivity index is 2.11. The van der Waals surface area contributed by atoms with E-state index >= 15 is 0 Å². The van der Waals surface area contributed by atoms with Crippen molar-refractivity contribution in [3.8, 4) is 0 Å². The van der Waals surface area contributed by atoms with Crippen LogP contribution < -0.4 is 5.32 Å². The fourth-order valence-corrected chi connectivity index (χ4v) is 1.91. The molecule has 1 aliphatic carbocycles. The first-order chi connectivity index (χ1) is 4.90. The standard InChI is InChI=1S/C8H13NO/c10-5-7-3-6-1-2-8(7)9-4-6/h1-2,6-10H,3-5H2. The minimum absolute atomic E-state index is 0.332. The van der Waals surface area contributed by atoms with Gasteiger partial charge in [0.2, 0.25) is 0 Å². The fourth-order valence-electron chi connectivity index (χ4n) is 1.91. The molecule has 2 nitrogen and oxygen atoms in total. The van der Waals surface area contributed by atoms with Gasteiger partial charge in [0.25, 0.3) is 0 Å². The molecular weight excluding hydrogens is 126 g/mol. The lowest BCUT2D eigenvalue weighted by atomic mass is 9.80. The molecule has 2 heterocycles. The Morgan fingerprint density at radius 1 is 1.50 bits per heavy atom. The predicted octanol–water partition coefficient (Wildman–Crippen LogP) is 0.143. The van der Waals surface area contributed by atoms with Crippen LogP contribution in [-0.4, -0.2) is 24.3 Å². The minimum Gasteiger partial charge on any atom is -0.396 e. The number of rotatable bonds is 1. The van der Waals surface area contributed by atoms with E-state index in [4.69, 9.17) is 5.11 Å². The zero-order chi connectivity index (χ0) is 6.97. The van der Waals surface area contributed by atoms with Crippen LogP contribution in [0.2, 0.25) is 0 Å². The molecule has 2 N–H and O–H groups in total. The highest BCUT2D eigenvalue weighted by molar-refractivity contribution is 5.10. The maximum Gasteiger partial charge on any atom is 0.0477 e. The first kappa shape index (κ1) is 6.38. The summed E-state index contributed by atoms with van der Waals surface area (Å²) in [4.78, 5) is 0. The molecule has 2 bridgehead atoms. The molecule has 0 saturated carbocycles. The van der Waals surface area contributed by atoms with Crippen LogP contribution in [0.4, 0.5) is 0 Å². The maximum absolute atomic E-state index is 8.94. The third-order valence-electron chi connectivity index (χ3n) is 2.55. The van der Waals surface area contributed by atoms with Gasteiger partial charge in [-0.15, -0.1) is 0 Å². The Morgan fingerprint density at radius 3 is 2.70 bits per heavy atom. The van der Waals surface area contributed by atoms with Crippen LogP contribution in [0, 0.1) is 11.8 Å². The summed E-state index contributed by atoms with van der Waals surface area (Å²) in [5, 5.41) is 12.3. The smallest absolute Gasteiger partial charge is 0.0477 e. The third-order valence-corrected chi connectivity index (χ3v) is 2.55. The van der Waals surface area contributed by atoms with E-state index in [9.17, 15) is 0 Å². The predicted molar refractivity (Wildman–Crippen MR) is 39.6 cm³/mol. The van der Waals surface area contributed by atoms with E-state index in [-0.39, 0.29) is 0 Å². The van der Waals surface area contributed by atoms with E-state index in [1.165, 1.54) is 6.42 Å². The fraction of sp³-hybridized carbons (Fsp3) is 0.750. The van der Waals surface area contributed by atoms with Gasteiger partial charge < -0.3 is 10.4 Å². The molecule has 56 valence electrons. The summed E-state index contributed by atoms with van der Waals surface area (Å²) in [5.41, 5.74) is 0. The topological polar surface area (TPSA) is 32.3 Å². The van der Waals surface area contributed by atoms with E-state index in [1.807, 2.05) is 0 Å². The van der Waals surface area contributed by atoms with E-state index < -0.39 is 0 Å². The van der Waals surface area contributed by atoms with Crippen molar-refractivity contribution in [3.05, 3.63) is 12.2 Å². The average Bonchev–Trinajstić information content (AvgIpc) is 2.06. The lowest BCUT2D eigenvalue weighted by molar-refractivity contribution is 0.151. The SMILES string of the molecule is OCC1CC2C=CC1NC2. The van der Waals surface area contributed by atoms with Crippen LogP contribution in [-0.2, 0) is 0 Å². The van der Waals surface area contributed by atoms with Crippen LogP contribution in [0.3, 0.4) is 0 Å². The number of nitrogens with one attached hydrogen (secondary N) is 1. The number of hydrogen-bond donors (Lipinski definition) is 2. The van der Waals surface area contributed by atoms with Crippen molar-refractivity contribution in [2.75, 3.05) is 13.2 Å². The molecule has 3 rings (SSSR count). The Kier molecular flexibility index (Phi) is 1.51. The highest BCUT2D eigenvalue weighted by atomic mass is 16.3. The van der Waals surface area contributed by atoms with Gasteiger partial charge in [0.05, 0.1) is 0 Å². The molecule has 10 heavy (non-hydrogen) atoms. The molecule has 2 aliphatic heterocycles. The van der Waals surface area contributed by atoms with Gasteiger partial charge in [-0.25, -0.2) is 0 Å². The molecule has 1 saturated heterocycles. The Morgan fingerprint density at radius 2 is 2.40 bits per heavy atom. The molecule has 1 fully saturated rings. The van der Waals surface area contributed by atoms with E-state index in [1.54, 1.807) is 0 Å². The molecule has 0 aromatic carbocycles. The minimum atomic E-state index is 0.332. The quantitative estimate of drug-likeness (QED) is 0.507. The Bertz CT molecular complexity index is 155. The number of fused-ring (bicyclic) bond motifs is 2. The van der Waals surface area contributed by atoms with Crippen molar-refractivity contribution in [1.29, 1.82) is 0 Å². The molecule has 0 aromatic rings. The van der Waals surface area contributed by atoms with Gasteiger partial charge in [0, 0.05) is 25.1 Å². The summed E-state index contributed by atoms with van der Waals surface area (Å²) in [6, 6.07) is 0.454. The van der Waals surface area contributed by atoms with Gasteiger partial charge in [-0.05, 0) is 12.3 Å². The molecule has 0 radical (unpaired) electrons. The number of aliphatic hydroxyl groups excluding tert-OH is 1. The summed E-state index contributed by atoms with van der Waals surface area (Å²) in [5.74, 6) is 1.16. The van der Waals surface area contributed by atoms with Gasteiger partial charge in [-0.1, -0.05) is 12.2 Å². The monoisotopic (exact) mass is 139 g/mol. The Hall–Kier alpha value is -0.340. The highest BCUT2D eigenvalue weighted by Crippen LogP contribution is 2.27. The van der Waals surface area contributed by atoms with Gasteiger partial charge in [-0.3, -0.25) is 0 Å². The second-order valence-corrected chi connectivity index (χ2v) is 3.26. The highest BCUT2D eigenvalue weighted by Gasteiger charge is 2.30. The summed E-state index contributed by atoms with van der Waals surface area (Å²) in [6.07, 6.45) is 5.64. The van der Waals surface area contributed by atoms with Crippen molar-refractivity contribution in [3.63, 3.8) is 0 Å². The van der Waals surface area contributed by atoms with Crippen molar-refractivity contribution in [2.45, 2.75) is 12.5 Å². The number of aliphatic hydroxyl groups is 1. The summed E-state index contributed by atoms with van der Waals surface area (Å²) in [7, 11) is 0. The molecule has 3 atom stereocenters. The lowest BCUT2D eigenvalue weighted by Gasteiger charge is -2.37.